The van der Waals surface area contributed by atoms with Gasteiger partial charge in [-0.2, -0.15) is 0 Å². The van der Waals surface area contributed by atoms with Crippen LogP contribution in [-0.4, -0.2) is 24.6 Å². The molecule has 4 heteroatoms. The molecule has 1 heterocycles. The van der Waals surface area contributed by atoms with Crippen LogP contribution in [0.5, 0.6) is 0 Å². The summed E-state index contributed by atoms with van der Waals surface area (Å²) in [6.07, 6.45) is 3.92. The van der Waals surface area contributed by atoms with Crippen molar-refractivity contribution < 1.29 is 9.53 Å². The highest BCUT2D eigenvalue weighted by atomic mass is 16.5. The van der Waals surface area contributed by atoms with Gasteiger partial charge in [0.1, 0.15) is 5.41 Å². The molecule has 2 rings (SSSR count). The monoisotopic (exact) mass is 284 g/mol. The zero-order valence-electron chi connectivity index (χ0n) is 12.4. The normalized spacial score (nSPS) is 13.5. The maximum absolute atomic E-state index is 12.4. The highest BCUT2D eigenvalue weighted by Gasteiger charge is 2.40. The van der Waals surface area contributed by atoms with Crippen molar-refractivity contribution in [2.24, 2.45) is 5.73 Å². The molecule has 2 aromatic rings. The Balaban J connectivity index is 2.47. The lowest BCUT2D eigenvalue weighted by atomic mass is 9.75. The molecule has 1 aromatic heterocycles. The fraction of sp³-hybridized carbons (Fsp3) is 0.294. The van der Waals surface area contributed by atoms with Crippen LogP contribution in [0.15, 0.2) is 48.8 Å². The van der Waals surface area contributed by atoms with Gasteiger partial charge >= 0.3 is 5.97 Å². The second kappa shape index (κ2) is 6.50. The van der Waals surface area contributed by atoms with Gasteiger partial charge in [-0.25, -0.2) is 0 Å². The first kappa shape index (κ1) is 15.2. The van der Waals surface area contributed by atoms with E-state index in [-0.39, 0.29) is 12.5 Å². The standard InChI is InChI=1S/C17H20N2O2/c1-13-5-7-15(8-6-13)17(12-18,16(20)21-2)10-14-4-3-9-19-11-14/h3-9,11H,10,12,18H2,1-2H3. The van der Waals surface area contributed by atoms with Crippen molar-refractivity contribution >= 4 is 5.97 Å². The summed E-state index contributed by atoms with van der Waals surface area (Å²) < 4.78 is 5.02. The molecule has 0 saturated carbocycles. The molecule has 1 aromatic carbocycles. The van der Waals surface area contributed by atoms with Crippen LogP contribution in [-0.2, 0) is 21.4 Å². The summed E-state index contributed by atoms with van der Waals surface area (Å²) in [6, 6.07) is 11.6. The number of hydrogen-bond donors (Lipinski definition) is 1. The van der Waals surface area contributed by atoms with Gasteiger partial charge in [-0.05, 0) is 30.5 Å². The number of nitrogens with two attached hydrogens (primary N) is 1. The molecular formula is C17H20N2O2. The first-order valence-electron chi connectivity index (χ1n) is 6.87. The molecule has 4 nitrogen and oxygen atoms in total. The Labute approximate surface area is 125 Å². The Bertz CT molecular complexity index is 596. The van der Waals surface area contributed by atoms with Crippen LogP contribution in [0.3, 0.4) is 0 Å². The fourth-order valence-electron chi connectivity index (χ4n) is 2.48. The van der Waals surface area contributed by atoms with Crippen LogP contribution < -0.4 is 5.73 Å². The Morgan fingerprint density at radius 3 is 2.52 bits per heavy atom. The number of carbonyl (C=O) groups is 1. The molecule has 0 aliphatic heterocycles. The summed E-state index contributed by atoms with van der Waals surface area (Å²) in [6.45, 7) is 2.19. The highest BCUT2D eigenvalue weighted by Crippen LogP contribution is 2.29. The molecular weight excluding hydrogens is 264 g/mol. The minimum absolute atomic E-state index is 0.178. The van der Waals surface area contributed by atoms with Gasteiger partial charge in [0.25, 0.3) is 0 Å². The number of aryl methyl sites for hydroxylation is 1. The second-order valence-corrected chi connectivity index (χ2v) is 5.18. The Hall–Kier alpha value is -2.20. The Morgan fingerprint density at radius 1 is 1.29 bits per heavy atom. The third-order valence-corrected chi connectivity index (χ3v) is 3.76. The van der Waals surface area contributed by atoms with Gasteiger partial charge in [0.15, 0.2) is 0 Å². The number of methoxy groups -OCH3 is 1. The van der Waals surface area contributed by atoms with E-state index in [9.17, 15) is 4.79 Å². The third-order valence-electron chi connectivity index (χ3n) is 3.76. The molecule has 0 saturated heterocycles. The molecule has 0 aliphatic carbocycles. The number of benzene rings is 1. The molecule has 21 heavy (non-hydrogen) atoms. The Kier molecular flexibility index (Phi) is 4.70. The number of pyridine rings is 1. The third kappa shape index (κ3) is 3.11. The Morgan fingerprint density at radius 2 is 2.00 bits per heavy atom. The van der Waals surface area contributed by atoms with E-state index in [1.54, 1.807) is 12.4 Å². The van der Waals surface area contributed by atoms with Crippen molar-refractivity contribution in [3.63, 3.8) is 0 Å². The average Bonchev–Trinajstić information content (AvgIpc) is 2.54. The molecule has 0 aliphatic rings. The van der Waals surface area contributed by atoms with Gasteiger partial charge in [0, 0.05) is 18.9 Å². The zero-order valence-corrected chi connectivity index (χ0v) is 12.4. The van der Waals surface area contributed by atoms with E-state index in [0.717, 1.165) is 16.7 Å². The summed E-state index contributed by atoms with van der Waals surface area (Å²) in [7, 11) is 1.39. The predicted octanol–water partition coefficient (Wildman–Crippen LogP) is 2.00. The molecule has 1 unspecified atom stereocenters. The minimum atomic E-state index is -0.883. The van der Waals surface area contributed by atoms with Crippen molar-refractivity contribution in [1.29, 1.82) is 0 Å². The van der Waals surface area contributed by atoms with Crippen molar-refractivity contribution in [2.75, 3.05) is 13.7 Å². The van der Waals surface area contributed by atoms with E-state index in [1.165, 1.54) is 7.11 Å². The number of ether oxygens (including phenoxy) is 1. The number of rotatable bonds is 5. The number of nitrogens with zero attached hydrogens (tertiary/aromatic N) is 1. The lowest BCUT2D eigenvalue weighted by molar-refractivity contribution is -0.147. The first-order chi connectivity index (χ1) is 10.1. The van der Waals surface area contributed by atoms with Gasteiger partial charge in [0.2, 0.25) is 0 Å². The van der Waals surface area contributed by atoms with Gasteiger partial charge in [-0.1, -0.05) is 35.9 Å². The van der Waals surface area contributed by atoms with Crippen LogP contribution in [0.25, 0.3) is 0 Å². The van der Waals surface area contributed by atoms with Crippen LogP contribution in [0, 0.1) is 6.92 Å². The molecule has 110 valence electrons. The van der Waals surface area contributed by atoms with Gasteiger partial charge in [0.05, 0.1) is 7.11 Å². The van der Waals surface area contributed by atoms with Crippen LogP contribution in [0.1, 0.15) is 16.7 Å². The van der Waals surface area contributed by atoms with E-state index in [0.29, 0.717) is 6.42 Å². The smallest absolute Gasteiger partial charge is 0.317 e. The molecule has 0 amide bonds. The fourth-order valence-corrected chi connectivity index (χ4v) is 2.48. The molecule has 0 spiro atoms. The molecule has 1 atom stereocenters. The number of aromatic nitrogens is 1. The number of hydrogen-bond acceptors (Lipinski definition) is 4. The summed E-state index contributed by atoms with van der Waals surface area (Å²) in [5.41, 5.74) is 8.05. The second-order valence-electron chi connectivity index (χ2n) is 5.18. The van der Waals surface area contributed by atoms with Gasteiger partial charge < -0.3 is 10.5 Å². The van der Waals surface area contributed by atoms with E-state index in [1.807, 2.05) is 43.3 Å². The van der Waals surface area contributed by atoms with Crippen LogP contribution in [0.2, 0.25) is 0 Å². The molecule has 0 bridgehead atoms. The lowest BCUT2D eigenvalue weighted by Gasteiger charge is -2.30. The first-order valence-corrected chi connectivity index (χ1v) is 6.87. The van der Waals surface area contributed by atoms with Crippen LogP contribution in [0.4, 0.5) is 0 Å². The SMILES string of the molecule is COC(=O)C(CN)(Cc1cccnc1)c1ccc(C)cc1. The minimum Gasteiger partial charge on any atom is -0.468 e. The molecule has 2 N–H and O–H groups in total. The highest BCUT2D eigenvalue weighted by molar-refractivity contribution is 5.84. The van der Waals surface area contributed by atoms with E-state index in [2.05, 4.69) is 4.98 Å². The lowest BCUT2D eigenvalue weighted by Crippen LogP contribution is -2.45. The molecule has 0 radical (unpaired) electrons. The summed E-state index contributed by atoms with van der Waals surface area (Å²) in [4.78, 5) is 16.5. The maximum atomic E-state index is 12.4. The van der Waals surface area contributed by atoms with Crippen molar-refractivity contribution in [1.82, 2.24) is 4.98 Å². The molecule has 0 fully saturated rings. The topological polar surface area (TPSA) is 65.2 Å². The van der Waals surface area contributed by atoms with Crippen molar-refractivity contribution in [3.05, 3.63) is 65.5 Å². The van der Waals surface area contributed by atoms with Crippen molar-refractivity contribution in [2.45, 2.75) is 18.8 Å². The maximum Gasteiger partial charge on any atom is 0.317 e. The van der Waals surface area contributed by atoms with E-state index < -0.39 is 5.41 Å². The van der Waals surface area contributed by atoms with Crippen molar-refractivity contribution in [3.8, 4) is 0 Å². The van der Waals surface area contributed by atoms with Crippen LogP contribution >= 0.6 is 0 Å². The quantitative estimate of drug-likeness (QED) is 0.853. The predicted molar refractivity (Wildman–Crippen MR) is 81.9 cm³/mol. The zero-order chi connectivity index (χ0) is 15.3. The largest absolute Gasteiger partial charge is 0.468 e. The number of carbonyl (C=O) groups excluding carboxylic acids is 1. The van der Waals surface area contributed by atoms with E-state index >= 15 is 0 Å². The number of esters is 1. The summed E-state index contributed by atoms with van der Waals surface area (Å²) in [5, 5.41) is 0. The van der Waals surface area contributed by atoms with Gasteiger partial charge in [-0.15, -0.1) is 0 Å². The average molecular weight is 284 g/mol. The van der Waals surface area contributed by atoms with E-state index in [4.69, 9.17) is 10.5 Å². The summed E-state index contributed by atoms with van der Waals surface area (Å²) in [5.74, 6) is -0.322. The summed E-state index contributed by atoms with van der Waals surface area (Å²) >= 11 is 0. The van der Waals surface area contributed by atoms with Gasteiger partial charge in [-0.3, -0.25) is 9.78 Å².